The first-order chi connectivity index (χ1) is 22.2. The number of anilines is 1. The van der Waals surface area contributed by atoms with Gasteiger partial charge in [0, 0.05) is 54.8 Å². The van der Waals surface area contributed by atoms with E-state index in [1.165, 1.54) is 34.4 Å². The fourth-order valence-corrected chi connectivity index (χ4v) is 6.27. The molecule has 0 aliphatic rings. The number of amides is 2. The average Bonchev–Trinajstić information content (AvgIpc) is 3.40. The van der Waals surface area contributed by atoms with Gasteiger partial charge in [-0.3, -0.25) is 14.3 Å². The minimum absolute atomic E-state index is 0.161. The average molecular weight is 650 g/mol. The van der Waals surface area contributed by atoms with Crippen LogP contribution in [0, 0.1) is 11.6 Å². The lowest BCUT2D eigenvalue weighted by Gasteiger charge is -2.18. The molecular formula is C32H33F2N7O4S. The Labute approximate surface area is 267 Å². The fourth-order valence-electron chi connectivity index (χ4n) is 4.97. The van der Waals surface area contributed by atoms with Crippen molar-refractivity contribution in [3.8, 4) is 16.4 Å². The normalized spacial score (nSPS) is 11.3. The second-order valence-electron chi connectivity index (χ2n) is 10.3. The maximum absolute atomic E-state index is 14.9. The highest BCUT2D eigenvalue weighted by molar-refractivity contribution is 7.22. The van der Waals surface area contributed by atoms with Crippen LogP contribution in [-0.2, 0) is 17.8 Å². The van der Waals surface area contributed by atoms with Gasteiger partial charge in [0.15, 0.2) is 0 Å². The third-order valence-electron chi connectivity index (χ3n) is 7.19. The number of carbonyl (C=O) groups is 1. The van der Waals surface area contributed by atoms with Crippen LogP contribution in [0.3, 0.4) is 0 Å². The third kappa shape index (κ3) is 6.88. The molecule has 0 aliphatic heterocycles. The van der Waals surface area contributed by atoms with Crippen molar-refractivity contribution < 1.29 is 18.3 Å². The number of carbonyl (C=O) groups excluding carboxylic acids is 1. The Morgan fingerprint density at radius 1 is 1.00 bits per heavy atom. The number of fused-ring (bicyclic) bond motifs is 1. The van der Waals surface area contributed by atoms with E-state index in [0.29, 0.717) is 54.5 Å². The summed E-state index contributed by atoms with van der Waals surface area (Å²) in [6.07, 6.45) is 2.80. The zero-order valence-electron chi connectivity index (χ0n) is 25.5. The van der Waals surface area contributed by atoms with E-state index in [1.54, 1.807) is 30.3 Å². The predicted octanol–water partition coefficient (Wildman–Crippen LogP) is 4.61. The first-order valence-electron chi connectivity index (χ1n) is 14.7. The summed E-state index contributed by atoms with van der Waals surface area (Å²) in [7, 11) is 1.88. The van der Waals surface area contributed by atoms with Crippen LogP contribution in [0.4, 0.5) is 19.3 Å². The summed E-state index contributed by atoms with van der Waals surface area (Å²) in [6, 6.07) is 11.7. The number of hydrogen-bond donors (Lipinski definition) is 2. The van der Waals surface area contributed by atoms with Crippen LogP contribution in [0.2, 0.25) is 0 Å². The minimum Gasteiger partial charge on any atom is -0.380 e. The smallest absolute Gasteiger partial charge is 0.339 e. The van der Waals surface area contributed by atoms with Crippen LogP contribution < -0.4 is 21.9 Å². The molecular weight excluding hydrogens is 616 g/mol. The quantitative estimate of drug-likeness (QED) is 0.189. The molecule has 2 N–H and O–H groups in total. The predicted molar refractivity (Wildman–Crippen MR) is 174 cm³/mol. The molecule has 3 aromatic heterocycles. The molecule has 240 valence electrons. The molecule has 2 aromatic carbocycles. The van der Waals surface area contributed by atoms with Gasteiger partial charge in [-0.2, -0.15) is 4.57 Å². The summed E-state index contributed by atoms with van der Waals surface area (Å²) in [4.78, 5) is 51.5. The summed E-state index contributed by atoms with van der Waals surface area (Å²) >= 11 is 1.17. The first-order valence-corrected chi connectivity index (χ1v) is 15.5. The molecule has 0 spiro atoms. The zero-order valence-corrected chi connectivity index (χ0v) is 26.4. The van der Waals surface area contributed by atoms with Gasteiger partial charge in [0.2, 0.25) is 5.95 Å². The highest BCUT2D eigenvalue weighted by atomic mass is 32.1. The van der Waals surface area contributed by atoms with Gasteiger partial charge >= 0.3 is 11.7 Å². The molecule has 0 aliphatic carbocycles. The summed E-state index contributed by atoms with van der Waals surface area (Å²) in [6.45, 7) is 5.57. The molecule has 46 heavy (non-hydrogen) atoms. The van der Waals surface area contributed by atoms with E-state index in [1.807, 2.05) is 25.8 Å². The van der Waals surface area contributed by atoms with Gasteiger partial charge < -0.3 is 15.4 Å². The Balaban J connectivity index is 1.76. The maximum Gasteiger partial charge on any atom is 0.339 e. The van der Waals surface area contributed by atoms with Crippen LogP contribution in [-0.4, -0.2) is 63.4 Å². The van der Waals surface area contributed by atoms with E-state index in [2.05, 4.69) is 20.6 Å². The Kier molecular flexibility index (Phi) is 10.3. The third-order valence-corrected chi connectivity index (χ3v) is 8.50. The summed E-state index contributed by atoms with van der Waals surface area (Å²) in [5, 5.41) is 5.64. The lowest BCUT2D eigenvalue weighted by Crippen LogP contribution is -2.40. The van der Waals surface area contributed by atoms with Gasteiger partial charge in [0.1, 0.15) is 16.5 Å². The zero-order chi connectivity index (χ0) is 32.8. The number of thiophene rings is 1. The Morgan fingerprint density at radius 3 is 2.35 bits per heavy atom. The SMILES string of the molecule is CCNC(=O)Nc1ccc(-c2sc3c(c2CN(C)CCOCC)c(=O)n(-c2ncccn2)c(=O)n3Cc2c(F)cccc2F)cc1. The number of ether oxygens (including phenoxy) is 1. The molecule has 0 fully saturated rings. The summed E-state index contributed by atoms with van der Waals surface area (Å²) < 4.78 is 37.4. The van der Waals surface area contributed by atoms with Gasteiger partial charge in [-0.05, 0) is 62.4 Å². The molecule has 0 atom stereocenters. The molecule has 14 heteroatoms. The molecule has 0 unspecified atom stereocenters. The number of nitrogens with zero attached hydrogens (tertiary/aromatic N) is 5. The van der Waals surface area contributed by atoms with Gasteiger partial charge in [0.25, 0.3) is 5.56 Å². The number of hydrogen-bond acceptors (Lipinski definition) is 8. The van der Waals surface area contributed by atoms with Crippen LogP contribution in [0.1, 0.15) is 25.0 Å². The monoisotopic (exact) mass is 649 g/mol. The molecule has 0 saturated carbocycles. The first kappa shape index (κ1) is 32.6. The number of nitrogens with one attached hydrogen (secondary N) is 2. The summed E-state index contributed by atoms with van der Waals surface area (Å²) in [5.74, 6) is -1.81. The largest absolute Gasteiger partial charge is 0.380 e. The molecule has 0 bridgehead atoms. The van der Waals surface area contributed by atoms with Crippen LogP contribution >= 0.6 is 11.3 Å². The number of likely N-dealkylation sites (N-methyl/N-ethyl adjacent to an activating group) is 1. The van der Waals surface area contributed by atoms with Crippen molar-refractivity contribution in [2.45, 2.75) is 26.9 Å². The Bertz CT molecular complexity index is 1940. The highest BCUT2D eigenvalue weighted by Gasteiger charge is 2.26. The van der Waals surface area contributed by atoms with Gasteiger partial charge in [0.05, 0.1) is 18.5 Å². The van der Waals surface area contributed by atoms with E-state index in [0.717, 1.165) is 16.7 Å². The number of aromatic nitrogens is 4. The van der Waals surface area contributed by atoms with Crippen molar-refractivity contribution in [1.82, 2.24) is 29.3 Å². The minimum atomic E-state index is -0.836. The topological polar surface area (TPSA) is 123 Å². The van der Waals surface area contributed by atoms with Crippen LogP contribution in [0.25, 0.3) is 26.6 Å². The van der Waals surface area contributed by atoms with Crippen molar-refractivity contribution in [3.05, 3.63) is 105 Å². The van der Waals surface area contributed by atoms with E-state index in [-0.39, 0.29) is 27.8 Å². The van der Waals surface area contributed by atoms with Crippen LogP contribution in [0.15, 0.2) is 70.5 Å². The maximum atomic E-state index is 14.9. The molecule has 0 radical (unpaired) electrons. The van der Waals surface area contributed by atoms with E-state index in [4.69, 9.17) is 4.74 Å². The lowest BCUT2D eigenvalue weighted by atomic mass is 10.1. The van der Waals surface area contributed by atoms with Gasteiger partial charge in [-0.25, -0.2) is 28.3 Å². The van der Waals surface area contributed by atoms with E-state index in [9.17, 15) is 23.2 Å². The second-order valence-corrected chi connectivity index (χ2v) is 11.3. The summed E-state index contributed by atoms with van der Waals surface area (Å²) in [5.41, 5.74) is 0.0752. The molecule has 5 rings (SSSR count). The highest BCUT2D eigenvalue weighted by Crippen LogP contribution is 2.38. The van der Waals surface area contributed by atoms with Crippen LogP contribution in [0.5, 0.6) is 0 Å². The fraction of sp³-hybridized carbons (Fsp3) is 0.281. The molecule has 0 saturated heterocycles. The van der Waals surface area contributed by atoms with Crippen molar-refractivity contribution in [2.75, 3.05) is 38.7 Å². The molecule has 5 aromatic rings. The standard InChI is InChI=1S/C32H33F2N7O4S/c1-4-35-31(43)38-21-12-10-20(11-13-21)27-23(18-39(3)16-17-45-5-2)26-28(42)41(30-36-14-7-15-37-30)32(44)40(29(26)46-27)19-22-24(33)8-6-9-25(22)34/h6-15H,4-5,16-19H2,1-3H3,(H2,35,38,43). The lowest BCUT2D eigenvalue weighted by molar-refractivity contribution is 0.120. The number of urea groups is 1. The van der Waals surface area contributed by atoms with E-state index >= 15 is 0 Å². The molecule has 3 heterocycles. The van der Waals surface area contributed by atoms with Crippen molar-refractivity contribution >= 4 is 33.3 Å². The molecule has 2 amide bonds. The number of benzene rings is 2. The Hall–Kier alpha value is -4.79. The number of rotatable bonds is 12. The van der Waals surface area contributed by atoms with Crippen molar-refractivity contribution in [1.29, 1.82) is 0 Å². The second kappa shape index (κ2) is 14.5. The Morgan fingerprint density at radius 2 is 1.70 bits per heavy atom. The van der Waals surface area contributed by atoms with E-state index < -0.39 is 29.4 Å². The van der Waals surface area contributed by atoms with Gasteiger partial charge in [-0.15, -0.1) is 11.3 Å². The number of halogens is 2. The molecule has 11 nitrogen and oxygen atoms in total. The van der Waals surface area contributed by atoms with Gasteiger partial charge in [-0.1, -0.05) is 18.2 Å². The van der Waals surface area contributed by atoms with Crippen molar-refractivity contribution in [3.63, 3.8) is 0 Å². The van der Waals surface area contributed by atoms with Crippen molar-refractivity contribution in [2.24, 2.45) is 0 Å².